The van der Waals surface area contributed by atoms with Crippen LogP contribution >= 0.6 is 0 Å². The van der Waals surface area contributed by atoms with Crippen molar-refractivity contribution in [1.29, 1.82) is 0 Å². The molecule has 2 N–H and O–H groups in total. The zero-order chi connectivity index (χ0) is 9.80. The molecule has 0 aromatic carbocycles. The number of furan rings is 1. The van der Waals surface area contributed by atoms with Gasteiger partial charge >= 0.3 is 0 Å². The van der Waals surface area contributed by atoms with Crippen LogP contribution in [0.3, 0.4) is 0 Å². The van der Waals surface area contributed by atoms with Crippen LogP contribution in [-0.2, 0) is 6.54 Å². The third kappa shape index (κ3) is 2.36. The van der Waals surface area contributed by atoms with Gasteiger partial charge in [0.2, 0.25) is 0 Å². The Morgan fingerprint density at radius 3 is 3.21 bits per heavy atom. The van der Waals surface area contributed by atoms with E-state index in [4.69, 9.17) is 4.42 Å². The van der Waals surface area contributed by atoms with Gasteiger partial charge in [0.05, 0.1) is 12.5 Å². The molecule has 1 aromatic heterocycles. The highest BCUT2D eigenvalue weighted by atomic mass is 16.3. The molecule has 3 nitrogen and oxygen atoms in total. The Bertz CT molecular complexity index is 258. The fourth-order valence-electron chi connectivity index (χ4n) is 1.99. The molecule has 1 fully saturated rings. The summed E-state index contributed by atoms with van der Waals surface area (Å²) < 4.78 is 5.01. The maximum absolute atomic E-state index is 5.01. The molecule has 14 heavy (non-hydrogen) atoms. The number of hydrogen-bond donors (Lipinski definition) is 2. The summed E-state index contributed by atoms with van der Waals surface area (Å²) in [5, 5.41) is 6.91. The summed E-state index contributed by atoms with van der Waals surface area (Å²) in [7, 11) is 0. The maximum Gasteiger partial charge on any atom is 0.0947 e. The first-order valence-electron chi connectivity index (χ1n) is 5.31. The summed E-state index contributed by atoms with van der Waals surface area (Å²) in [6, 6.07) is 2.66. The second-order valence-electron chi connectivity index (χ2n) is 4.05. The molecular weight excluding hydrogens is 176 g/mol. The van der Waals surface area contributed by atoms with Gasteiger partial charge in [-0.1, -0.05) is 0 Å². The van der Waals surface area contributed by atoms with Crippen LogP contribution in [0.15, 0.2) is 23.0 Å². The first kappa shape index (κ1) is 9.74. The fraction of sp³-hybridized carbons (Fsp3) is 0.636. The van der Waals surface area contributed by atoms with Crippen LogP contribution < -0.4 is 10.6 Å². The van der Waals surface area contributed by atoms with E-state index in [1.165, 1.54) is 18.5 Å². The van der Waals surface area contributed by atoms with Crippen LogP contribution in [0.1, 0.15) is 18.9 Å². The first-order valence-corrected chi connectivity index (χ1v) is 5.31. The molecule has 2 rings (SSSR count). The minimum absolute atomic E-state index is 0.659. The van der Waals surface area contributed by atoms with E-state index in [0.717, 1.165) is 19.0 Å². The van der Waals surface area contributed by atoms with E-state index in [1.54, 1.807) is 12.5 Å². The highest BCUT2D eigenvalue weighted by molar-refractivity contribution is 5.04. The second-order valence-corrected chi connectivity index (χ2v) is 4.05. The quantitative estimate of drug-likeness (QED) is 0.760. The van der Waals surface area contributed by atoms with E-state index in [0.29, 0.717) is 6.04 Å². The zero-order valence-corrected chi connectivity index (χ0v) is 8.62. The fourth-order valence-corrected chi connectivity index (χ4v) is 1.99. The van der Waals surface area contributed by atoms with Crippen molar-refractivity contribution in [3.8, 4) is 0 Å². The van der Waals surface area contributed by atoms with Crippen LogP contribution in [-0.4, -0.2) is 19.1 Å². The molecule has 0 bridgehead atoms. The molecule has 1 aliphatic rings. The molecule has 0 saturated carbocycles. The van der Waals surface area contributed by atoms with E-state index in [-0.39, 0.29) is 0 Å². The van der Waals surface area contributed by atoms with Gasteiger partial charge in [0.1, 0.15) is 0 Å². The average molecular weight is 194 g/mol. The van der Waals surface area contributed by atoms with E-state index >= 15 is 0 Å². The van der Waals surface area contributed by atoms with E-state index < -0.39 is 0 Å². The molecule has 3 heteroatoms. The van der Waals surface area contributed by atoms with Gasteiger partial charge < -0.3 is 15.1 Å². The summed E-state index contributed by atoms with van der Waals surface area (Å²) in [6.45, 7) is 5.44. The lowest BCUT2D eigenvalue weighted by molar-refractivity contribution is 0.438. The standard InChI is InChI=1S/C11H18N2O/c1-9-11(2-4-13-9)7-12-6-10-3-5-14-8-10/h3,5,8-9,11-13H,2,4,6-7H2,1H3. The predicted octanol–water partition coefficient (Wildman–Crippen LogP) is 1.37. The van der Waals surface area contributed by atoms with E-state index in [9.17, 15) is 0 Å². The molecule has 1 aliphatic heterocycles. The summed E-state index contributed by atoms with van der Waals surface area (Å²) >= 11 is 0. The third-order valence-electron chi connectivity index (χ3n) is 3.00. The highest BCUT2D eigenvalue weighted by Gasteiger charge is 2.21. The van der Waals surface area contributed by atoms with Crippen LogP contribution in [0.5, 0.6) is 0 Å². The van der Waals surface area contributed by atoms with Crippen molar-refractivity contribution >= 4 is 0 Å². The minimum atomic E-state index is 0.659. The number of hydrogen-bond acceptors (Lipinski definition) is 3. The molecule has 78 valence electrons. The Morgan fingerprint density at radius 1 is 1.64 bits per heavy atom. The zero-order valence-electron chi connectivity index (χ0n) is 8.62. The summed E-state index contributed by atoms with van der Waals surface area (Å²) in [5.74, 6) is 0.780. The number of rotatable bonds is 4. The van der Waals surface area contributed by atoms with Crippen molar-refractivity contribution in [2.24, 2.45) is 5.92 Å². The van der Waals surface area contributed by atoms with Crippen molar-refractivity contribution < 1.29 is 4.42 Å². The van der Waals surface area contributed by atoms with Gasteiger partial charge in [-0.15, -0.1) is 0 Å². The Labute approximate surface area is 84.9 Å². The lowest BCUT2D eigenvalue weighted by Crippen LogP contribution is -2.30. The van der Waals surface area contributed by atoms with Crippen molar-refractivity contribution in [3.05, 3.63) is 24.2 Å². The molecule has 1 saturated heterocycles. The largest absolute Gasteiger partial charge is 0.472 e. The van der Waals surface area contributed by atoms with Crippen molar-refractivity contribution in [2.75, 3.05) is 13.1 Å². The average Bonchev–Trinajstić information content (AvgIpc) is 2.78. The Morgan fingerprint density at radius 2 is 2.57 bits per heavy atom. The highest BCUT2D eigenvalue weighted by Crippen LogP contribution is 2.13. The molecule has 0 aliphatic carbocycles. The summed E-state index contributed by atoms with van der Waals surface area (Å²) in [5.41, 5.74) is 1.23. The maximum atomic E-state index is 5.01. The van der Waals surface area contributed by atoms with Gasteiger partial charge in [-0.3, -0.25) is 0 Å². The molecule has 2 heterocycles. The van der Waals surface area contributed by atoms with Crippen LogP contribution in [0.4, 0.5) is 0 Å². The van der Waals surface area contributed by atoms with E-state index in [2.05, 4.69) is 17.6 Å². The molecule has 2 unspecified atom stereocenters. The van der Waals surface area contributed by atoms with Gasteiger partial charge in [-0.2, -0.15) is 0 Å². The Kier molecular flexibility index (Phi) is 3.22. The monoisotopic (exact) mass is 194 g/mol. The lowest BCUT2D eigenvalue weighted by atomic mass is 10.0. The molecule has 0 amide bonds. The summed E-state index contributed by atoms with van der Waals surface area (Å²) in [4.78, 5) is 0. The van der Waals surface area contributed by atoms with Crippen molar-refractivity contribution in [1.82, 2.24) is 10.6 Å². The first-order chi connectivity index (χ1) is 6.86. The van der Waals surface area contributed by atoms with E-state index in [1.807, 2.05) is 6.07 Å². The van der Waals surface area contributed by atoms with Crippen molar-refractivity contribution in [2.45, 2.75) is 25.9 Å². The van der Waals surface area contributed by atoms with Crippen LogP contribution in [0.25, 0.3) is 0 Å². The van der Waals surface area contributed by atoms with Crippen LogP contribution in [0.2, 0.25) is 0 Å². The van der Waals surface area contributed by atoms with Gasteiger partial charge in [0, 0.05) is 18.2 Å². The molecular formula is C11H18N2O. The Hall–Kier alpha value is -0.800. The smallest absolute Gasteiger partial charge is 0.0947 e. The SMILES string of the molecule is CC1NCCC1CNCc1ccoc1. The topological polar surface area (TPSA) is 37.2 Å². The minimum Gasteiger partial charge on any atom is -0.472 e. The number of nitrogens with one attached hydrogen (secondary N) is 2. The molecule has 2 atom stereocenters. The predicted molar refractivity (Wildman–Crippen MR) is 56.0 cm³/mol. The van der Waals surface area contributed by atoms with Gasteiger partial charge in [-0.25, -0.2) is 0 Å². The second kappa shape index (κ2) is 4.62. The van der Waals surface area contributed by atoms with Gasteiger partial charge in [0.25, 0.3) is 0 Å². The molecule has 0 spiro atoms. The normalized spacial score (nSPS) is 26.9. The molecule has 0 radical (unpaired) electrons. The lowest BCUT2D eigenvalue weighted by Gasteiger charge is -2.15. The van der Waals surface area contributed by atoms with Gasteiger partial charge in [-0.05, 0) is 38.4 Å². The Balaban J connectivity index is 1.68. The van der Waals surface area contributed by atoms with Crippen LogP contribution in [0, 0.1) is 5.92 Å². The third-order valence-corrected chi connectivity index (χ3v) is 3.00. The summed E-state index contributed by atoms with van der Waals surface area (Å²) in [6.07, 6.45) is 4.81. The van der Waals surface area contributed by atoms with Gasteiger partial charge in [0.15, 0.2) is 0 Å². The molecule has 1 aromatic rings. The van der Waals surface area contributed by atoms with Crippen molar-refractivity contribution in [3.63, 3.8) is 0 Å².